The molecule has 2 aromatic rings. The normalized spacial score (nSPS) is 10.6. The Kier molecular flexibility index (Phi) is 2.51. The molecular weight excluding hydrogens is 195 g/mol. The van der Waals surface area contributed by atoms with Crippen LogP contribution in [0.2, 0.25) is 0 Å². The number of H-pyrrole nitrogens is 1. The van der Waals surface area contributed by atoms with Crippen molar-refractivity contribution in [3.05, 3.63) is 41.5 Å². The molecule has 0 unspecified atom stereocenters. The quantitative estimate of drug-likeness (QED) is 0.789. The summed E-state index contributed by atoms with van der Waals surface area (Å²) in [6.07, 6.45) is 1.50. The van der Waals surface area contributed by atoms with Crippen LogP contribution in [0, 0.1) is 12.7 Å². The van der Waals surface area contributed by atoms with Crippen LogP contribution in [0.5, 0.6) is 0 Å². The Morgan fingerprint density at radius 3 is 2.93 bits per heavy atom. The Morgan fingerprint density at radius 2 is 2.27 bits per heavy atom. The Balaban J connectivity index is 2.48. The molecule has 0 atom stereocenters. The summed E-state index contributed by atoms with van der Waals surface area (Å²) in [5, 5.41) is 8.86. The van der Waals surface area contributed by atoms with Crippen molar-refractivity contribution in [1.29, 1.82) is 0 Å². The molecular formula is C11H11FN2O. The number of nitrogens with one attached hydrogen (secondary N) is 1. The van der Waals surface area contributed by atoms with Gasteiger partial charge >= 0.3 is 0 Å². The number of benzene rings is 1. The lowest BCUT2D eigenvalue weighted by molar-refractivity contribution is 0.277. The lowest BCUT2D eigenvalue weighted by Crippen LogP contribution is -1.88. The van der Waals surface area contributed by atoms with E-state index in [1.807, 2.05) is 6.92 Å². The monoisotopic (exact) mass is 206 g/mol. The molecule has 78 valence electrons. The first-order valence-electron chi connectivity index (χ1n) is 4.62. The number of halogens is 1. The molecule has 1 aromatic carbocycles. The summed E-state index contributed by atoms with van der Waals surface area (Å²) >= 11 is 0. The summed E-state index contributed by atoms with van der Waals surface area (Å²) in [7, 11) is 0. The van der Waals surface area contributed by atoms with Crippen LogP contribution in [-0.2, 0) is 6.61 Å². The minimum Gasteiger partial charge on any atom is -0.390 e. The molecule has 3 nitrogen and oxygen atoms in total. The van der Waals surface area contributed by atoms with Crippen LogP contribution < -0.4 is 0 Å². The fourth-order valence-corrected chi connectivity index (χ4v) is 1.40. The van der Waals surface area contributed by atoms with Crippen LogP contribution >= 0.6 is 0 Å². The van der Waals surface area contributed by atoms with Crippen LogP contribution in [0.15, 0.2) is 24.4 Å². The first-order valence-corrected chi connectivity index (χ1v) is 4.62. The summed E-state index contributed by atoms with van der Waals surface area (Å²) < 4.78 is 13.4. The number of aliphatic hydroxyl groups is 1. The van der Waals surface area contributed by atoms with Gasteiger partial charge in [-0.3, -0.25) is 0 Å². The maximum atomic E-state index is 13.4. The molecule has 1 aromatic heterocycles. The van der Waals surface area contributed by atoms with Gasteiger partial charge in [-0.2, -0.15) is 0 Å². The van der Waals surface area contributed by atoms with Gasteiger partial charge in [0.25, 0.3) is 0 Å². The van der Waals surface area contributed by atoms with Crippen LogP contribution in [0.4, 0.5) is 4.39 Å². The largest absolute Gasteiger partial charge is 0.390 e. The van der Waals surface area contributed by atoms with Crippen LogP contribution in [-0.4, -0.2) is 15.1 Å². The highest BCUT2D eigenvalue weighted by Gasteiger charge is 2.08. The van der Waals surface area contributed by atoms with Gasteiger partial charge in [-0.1, -0.05) is 11.6 Å². The second kappa shape index (κ2) is 3.82. The maximum absolute atomic E-state index is 13.4. The van der Waals surface area contributed by atoms with Gasteiger partial charge < -0.3 is 10.1 Å². The Labute approximate surface area is 86.6 Å². The van der Waals surface area contributed by atoms with Crippen molar-refractivity contribution in [2.75, 3.05) is 0 Å². The highest BCUT2D eigenvalue weighted by atomic mass is 19.1. The molecule has 0 aliphatic rings. The lowest BCUT2D eigenvalue weighted by atomic mass is 10.1. The molecule has 0 aliphatic carbocycles. The van der Waals surface area contributed by atoms with Gasteiger partial charge in [0.15, 0.2) is 0 Å². The molecule has 4 heteroatoms. The Morgan fingerprint density at radius 1 is 1.47 bits per heavy atom. The van der Waals surface area contributed by atoms with Crippen molar-refractivity contribution >= 4 is 0 Å². The van der Waals surface area contributed by atoms with Gasteiger partial charge in [-0.15, -0.1) is 0 Å². The number of nitrogens with zero attached hydrogens (tertiary/aromatic N) is 1. The molecule has 0 aliphatic heterocycles. The minimum atomic E-state index is -0.320. The minimum absolute atomic E-state index is 0.125. The molecule has 0 saturated carbocycles. The van der Waals surface area contributed by atoms with E-state index < -0.39 is 0 Å². The van der Waals surface area contributed by atoms with E-state index in [1.54, 1.807) is 12.1 Å². The number of aromatic amines is 1. The van der Waals surface area contributed by atoms with Crippen molar-refractivity contribution < 1.29 is 9.50 Å². The van der Waals surface area contributed by atoms with E-state index in [0.717, 1.165) is 5.56 Å². The van der Waals surface area contributed by atoms with Crippen LogP contribution in [0.3, 0.4) is 0 Å². The number of rotatable bonds is 2. The van der Waals surface area contributed by atoms with Gasteiger partial charge in [0.05, 0.1) is 24.1 Å². The van der Waals surface area contributed by atoms with E-state index in [1.165, 1.54) is 12.3 Å². The van der Waals surface area contributed by atoms with E-state index in [0.29, 0.717) is 17.1 Å². The number of imidazole rings is 1. The van der Waals surface area contributed by atoms with Crippen molar-refractivity contribution in [2.24, 2.45) is 0 Å². The molecule has 0 spiro atoms. The lowest BCUT2D eigenvalue weighted by Gasteiger charge is -2.00. The van der Waals surface area contributed by atoms with E-state index in [4.69, 9.17) is 5.11 Å². The van der Waals surface area contributed by atoms with E-state index in [9.17, 15) is 4.39 Å². The van der Waals surface area contributed by atoms with E-state index >= 15 is 0 Å². The third kappa shape index (κ3) is 1.89. The smallest absolute Gasteiger partial charge is 0.140 e. The summed E-state index contributed by atoms with van der Waals surface area (Å²) in [5.41, 5.74) is 1.97. The zero-order valence-corrected chi connectivity index (χ0v) is 8.29. The third-order valence-electron chi connectivity index (χ3n) is 2.18. The highest BCUT2D eigenvalue weighted by Crippen LogP contribution is 2.20. The van der Waals surface area contributed by atoms with Gasteiger partial charge in [-0.25, -0.2) is 9.37 Å². The molecule has 0 fully saturated rings. The maximum Gasteiger partial charge on any atom is 0.140 e. The predicted molar refractivity (Wildman–Crippen MR) is 54.6 cm³/mol. The molecule has 2 rings (SSSR count). The Bertz CT molecular complexity index is 479. The first kappa shape index (κ1) is 9.86. The number of hydrogen-bond donors (Lipinski definition) is 2. The second-order valence-corrected chi connectivity index (χ2v) is 3.40. The SMILES string of the molecule is Cc1ccc(F)c(-c2ncc(CO)[nH]2)c1. The van der Waals surface area contributed by atoms with Gasteiger partial charge in [0.1, 0.15) is 11.6 Å². The molecule has 15 heavy (non-hydrogen) atoms. The summed E-state index contributed by atoms with van der Waals surface area (Å²) in [5.74, 6) is 0.125. The zero-order chi connectivity index (χ0) is 10.8. The number of aromatic nitrogens is 2. The second-order valence-electron chi connectivity index (χ2n) is 3.40. The number of aryl methyl sites for hydroxylation is 1. The third-order valence-corrected chi connectivity index (χ3v) is 2.18. The fourth-order valence-electron chi connectivity index (χ4n) is 1.40. The molecule has 0 radical (unpaired) electrons. The molecule has 2 N–H and O–H groups in total. The average Bonchev–Trinajstić information content (AvgIpc) is 2.70. The summed E-state index contributed by atoms with van der Waals surface area (Å²) in [4.78, 5) is 6.85. The standard InChI is InChI=1S/C11H11FN2O/c1-7-2-3-10(12)9(4-7)11-13-5-8(6-15)14-11/h2-5,15H,6H2,1H3,(H,13,14). The number of aliphatic hydroxyl groups excluding tert-OH is 1. The average molecular weight is 206 g/mol. The van der Waals surface area contributed by atoms with Crippen LogP contribution in [0.1, 0.15) is 11.3 Å². The topological polar surface area (TPSA) is 48.9 Å². The fraction of sp³-hybridized carbons (Fsp3) is 0.182. The summed E-state index contributed by atoms with van der Waals surface area (Å²) in [6, 6.07) is 4.83. The molecule has 0 amide bonds. The first-order chi connectivity index (χ1) is 7.20. The molecule has 0 saturated heterocycles. The Hall–Kier alpha value is -1.68. The van der Waals surface area contributed by atoms with E-state index in [2.05, 4.69) is 9.97 Å². The van der Waals surface area contributed by atoms with Crippen molar-refractivity contribution in [1.82, 2.24) is 9.97 Å². The molecule has 0 bridgehead atoms. The molecule has 1 heterocycles. The van der Waals surface area contributed by atoms with Crippen molar-refractivity contribution in [3.8, 4) is 11.4 Å². The van der Waals surface area contributed by atoms with Gasteiger partial charge in [0.2, 0.25) is 0 Å². The van der Waals surface area contributed by atoms with E-state index in [-0.39, 0.29) is 12.4 Å². The van der Waals surface area contributed by atoms with Crippen LogP contribution in [0.25, 0.3) is 11.4 Å². The summed E-state index contributed by atoms with van der Waals surface area (Å²) in [6.45, 7) is 1.76. The van der Waals surface area contributed by atoms with Crippen molar-refractivity contribution in [3.63, 3.8) is 0 Å². The zero-order valence-electron chi connectivity index (χ0n) is 8.29. The highest BCUT2D eigenvalue weighted by molar-refractivity contribution is 5.57. The van der Waals surface area contributed by atoms with Crippen molar-refractivity contribution in [2.45, 2.75) is 13.5 Å². The van der Waals surface area contributed by atoms with Gasteiger partial charge in [-0.05, 0) is 19.1 Å². The number of hydrogen-bond acceptors (Lipinski definition) is 2. The predicted octanol–water partition coefficient (Wildman–Crippen LogP) is 2.02. The van der Waals surface area contributed by atoms with Gasteiger partial charge in [0, 0.05) is 0 Å².